The number of amides is 1. The minimum absolute atomic E-state index is 0.0640. The maximum absolute atomic E-state index is 12.7. The summed E-state index contributed by atoms with van der Waals surface area (Å²) < 4.78 is 10.6. The van der Waals surface area contributed by atoms with Crippen molar-refractivity contribution < 1.29 is 19.1 Å². The lowest BCUT2D eigenvalue weighted by Crippen LogP contribution is -2.19. The second-order valence-electron chi connectivity index (χ2n) is 6.60. The molecule has 1 heterocycles. The molecule has 0 fully saturated rings. The van der Waals surface area contributed by atoms with E-state index in [0.29, 0.717) is 28.3 Å². The highest BCUT2D eigenvalue weighted by molar-refractivity contribution is 6.09. The minimum atomic E-state index is -0.422. The third kappa shape index (κ3) is 3.60. The summed E-state index contributed by atoms with van der Waals surface area (Å²) in [5.74, 6) is 0.627. The summed E-state index contributed by atoms with van der Waals surface area (Å²) in [7, 11) is 0. The molecule has 1 N–H and O–H groups in total. The second-order valence-corrected chi connectivity index (χ2v) is 6.60. The van der Waals surface area contributed by atoms with Crippen LogP contribution in [0.1, 0.15) is 34.3 Å². The largest absolute Gasteiger partial charge is 0.454 e. The van der Waals surface area contributed by atoms with Crippen molar-refractivity contribution >= 4 is 17.4 Å². The van der Waals surface area contributed by atoms with E-state index in [-0.39, 0.29) is 18.5 Å². The highest BCUT2D eigenvalue weighted by atomic mass is 16.7. The van der Waals surface area contributed by atoms with Gasteiger partial charge in [-0.3, -0.25) is 9.59 Å². The van der Waals surface area contributed by atoms with Crippen molar-refractivity contribution in [2.45, 2.75) is 12.8 Å². The molecule has 1 unspecified atom stereocenters. The van der Waals surface area contributed by atoms with Gasteiger partial charge in [-0.25, -0.2) is 0 Å². The molecule has 0 saturated carbocycles. The molecule has 0 radical (unpaired) electrons. The van der Waals surface area contributed by atoms with E-state index in [1.807, 2.05) is 31.2 Å². The van der Waals surface area contributed by atoms with Gasteiger partial charge in [0.25, 0.3) is 0 Å². The zero-order chi connectivity index (χ0) is 19.5. The first-order valence-corrected chi connectivity index (χ1v) is 9.02. The number of hydrogen-bond acceptors (Lipinski definition) is 4. The fraction of sp³-hybridized carbons (Fsp3) is 0.130. The third-order valence-corrected chi connectivity index (χ3v) is 4.72. The van der Waals surface area contributed by atoms with E-state index in [0.717, 1.165) is 5.56 Å². The number of benzene rings is 3. The Bertz CT molecular complexity index is 1030. The number of rotatable bonds is 5. The Morgan fingerprint density at radius 1 is 0.857 bits per heavy atom. The fourth-order valence-electron chi connectivity index (χ4n) is 3.08. The standard InChI is InChI=1S/C23H19NO4/c1-15(23(26)24-19-10-11-20-21(13-19)28-14-27-20)17-8-5-9-18(12-17)22(25)16-6-3-2-4-7-16/h2-13,15H,14H2,1H3,(H,24,26). The fourth-order valence-corrected chi connectivity index (χ4v) is 3.08. The van der Waals surface area contributed by atoms with Gasteiger partial charge in [-0.2, -0.15) is 0 Å². The number of carbonyl (C=O) groups is 2. The van der Waals surface area contributed by atoms with E-state index in [1.54, 1.807) is 48.5 Å². The average molecular weight is 373 g/mol. The molecule has 4 rings (SSSR count). The molecule has 0 bridgehead atoms. The molecule has 0 aromatic heterocycles. The van der Waals surface area contributed by atoms with Crippen LogP contribution in [0.25, 0.3) is 0 Å². The average Bonchev–Trinajstić information content (AvgIpc) is 3.21. The molecule has 28 heavy (non-hydrogen) atoms. The maximum Gasteiger partial charge on any atom is 0.231 e. The lowest BCUT2D eigenvalue weighted by atomic mass is 9.95. The van der Waals surface area contributed by atoms with Gasteiger partial charge in [-0.15, -0.1) is 0 Å². The summed E-state index contributed by atoms with van der Waals surface area (Å²) in [6, 6.07) is 21.6. The second kappa shape index (κ2) is 7.56. The van der Waals surface area contributed by atoms with Crippen LogP contribution in [0.4, 0.5) is 5.69 Å². The van der Waals surface area contributed by atoms with Crippen molar-refractivity contribution in [1.29, 1.82) is 0 Å². The smallest absolute Gasteiger partial charge is 0.231 e. The molecule has 0 aliphatic carbocycles. The first-order chi connectivity index (χ1) is 13.6. The predicted octanol–water partition coefficient (Wildman–Crippen LogP) is 4.39. The van der Waals surface area contributed by atoms with Crippen LogP contribution in [0.5, 0.6) is 11.5 Å². The lowest BCUT2D eigenvalue weighted by molar-refractivity contribution is -0.117. The molecular formula is C23H19NO4. The van der Waals surface area contributed by atoms with Crippen LogP contribution < -0.4 is 14.8 Å². The summed E-state index contributed by atoms with van der Waals surface area (Å²) in [6.07, 6.45) is 0. The molecule has 3 aromatic carbocycles. The van der Waals surface area contributed by atoms with E-state index in [2.05, 4.69) is 5.32 Å². The number of anilines is 1. The normalized spacial score (nSPS) is 13.0. The lowest BCUT2D eigenvalue weighted by Gasteiger charge is -2.14. The van der Waals surface area contributed by atoms with Gasteiger partial charge in [0.15, 0.2) is 17.3 Å². The highest BCUT2D eigenvalue weighted by Gasteiger charge is 2.19. The Balaban J connectivity index is 1.50. The van der Waals surface area contributed by atoms with Crippen LogP contribution in [0.3, 0.4) is 0 Å². The molecule has 1 atom stereocenters. The zero-order valence-corrected chi connectivity index (χ0v) is 15.3. The Labute approximate surface area is 162 Å². The predicted molar refractivity (Wildman–Crippen MR) is 106 cm³/mol. The molecule has 1 aliphatic heterocycles. The molecule has 140 valence electrons. The molecule has 0 spiro atoms. The first-order valence-electron chi connectivity index (χ1n) is 9.02. The number of fused-ring (bicyclic) bond motifs is 1. The maximum atomic E-state index is 12.7. The van der Waals surface area contributed by atoms with E-state index >= 15 is 0 Å². The van der Waals surface area contributed by atoms with Crippen molar-refractivity contribution in [3.8, 4) is 11.5 Å². The van der Waals surface area contributed by atoms with Crippen LogP contribution in [0, 0.1) is 0 Å². The van der Waals surface area contributed by atoms with E-state index < -0.39 is 5.92 Å². The van der Waals surface area contributed by atoms with Gasteiger partial charge in [0.1, 0.15) is 0 Å². The van der Waals surface area contributed by atoms with Gasteiger partial charge in [0.05, 0.1) is 5.92 Å². The van der Waals surface area contributed by atoms with E-state index in [4.69, 9.17) is 9.47 Å². The van der Waals surface area contributed by atoms with Crippen LogP contribution >= 0.6 is 0 Å². The van der Waals surface area contributed by atoms with Crippen molar-refractivity contribution in [2.75, 3.05) is 12.1 Å². The van der Waals surface area contributed by atoms with E-state index in [1.165, 1.54) is 0 Å². The third-order valence-electron chi connectivity index (χ3n) is 4.72. The monoisotopic (exact) mass is 373 g/mol. The van der Waals surface area contributed by atoms with Gasteiger partial charge in [0.2, 0.25) is 12.7 Å². The highest BCUT2D eigenvalue weighted by Crippen LogP contribution is 2.34. The van der Waals surface area contributed by atoms with Crippen molar-refractivity contribution in [2.24, 2.45) is 0 Å². The Hall–Kier alpha value is -3.60. The Kier molecular flexibility index (Phi) is 4.81. The number of nitrogens with one attached hydrogen (secondary N) is 1. The van der Waals surface area contributed by atoms with Crippen molar-refractivity contribution in [3.63, 3.8) is 0 Å². The van der Waals surface area contributed by atoms with Crippen LogP contribution in [0.15, 0.2) is 72.8 Å². The van der Waals surface area contributed by atoms with Gasteiger partial charge in [-0.1, -0.05) is 48.5 Å². The zero-order valence-electron chi connectivity index (χ0n) is 15.3. The molecule has 5 nitrogen and oxygen atoms in total. The molecular weight excluding hydrogens is 354 g/mol. The SMILES string of the molecule is CC(C(=O)Nc1ccc2c(c1)OCO2)c1cccc(C(=O)c2ccccc2)c1. The van der Waals surface area contributed by atoms with Crippen LogP contribution in [-0.4, -0.2) is 18.5 Å². The quantitative estimate of drug-likeness (QED) is 0.674. The topological polar surface area (TPSA) is 64.6 Å². The Morgan fingerprint density at radius 3 is 2.43 bits per heavy atom. The first kappa shape index (κ1) is 17.8. The van der Waals surface area contributed by atoms with Crippen LogP contribution in [0.2, 0.25) is 0 Å². The molecule has 1 amide bonds. The number of ketones is 1. The van der Waals surface area contributed by atoms with Crippen molar-refractivity contribution in [1.82, 2.24) is 0 Å². The summed E-state index contributed by atoms with van der Waals surface area (Å²) in [5.41, 5.74) is 2.60. The minimum Gasteiger partial charge on any atom is -0.454 e. The molecule has 0 saturated heterocycles. The summed E-state index contributed by atoms with van der Waals surface area (Å²) in [5, 5.41) is 2.89. The number of carbonyl (C=O) groups excluding carboxylic acids is 2. The number of ether oxygens (including phenoxy) is 2. The van der Waals surface area contributed by atoms with Crippen LogP contribution in [-0.2, 0) is 4.79 Å². The molecule has 3 aromatic rings. The van der Waals surface area contributed by atoms with Gasteiger partial charge < -0.3 is 14.8 Å². The van der Waals surface area contributed by atoms with Gasteiger partial charge in [-0.05, 0) is 30.7 Å². The summed E-state index contributed by atoms with van der Waals surface area (Å²) in [4.78, 5) is 25.4. The molecule has 5 heteroatoms. The number of hydrogen-bond donors (Lipinski definition) is 1. The van der Waals surface area contributed by atoms with E-state index in [9.17, 15) is 9.59 Å². The Morgan fingerprint density at radius 2 is 1.61 bits per heavy atom. The summed E-state index contributed by atoms with van der Waals surface area (Å²) >= 11 is 0. The van der Waals surface area contributed by atoms with Crippen molar-refractivity contribution in [3.05, 3.63) is 89.5 Å². The summed E-state index contributed by atoms with van der Waals surface area (Å²) in [6.45, 7) is 2.00. The molecule has 1 aliphatic rings. The van der Waals surface area contributed by atoms with Gasteiger partial charge in [0, 0.05) is 22.9 Å². The van der Waals surface area contributed by atoms with Gasteiger partial charge >= 0.3 is 0 Å².